The lowest BCUT2D eigenvalue weighted by atomic mass is 10.5. The lowest BCUT2D eigenvalue weighted by Gasteiger charge is -1.80. The number of hydrogen-bond donors (Lipinski definition) is 1. The summed E-state index contributed by atoms with van der Waals surface area (Å²) < 4.78 is 1.42. The van der Waals surface area contributed by atoms with Crippen molar-refractivity contribution in [2.24, 2.45) is 0 Å². The lowest BCUT2D eigenvalue weighted by Crippen LogP contribution is -1.96. The minimum Gasteiger partial charge on any atom is -0.476 e. The number of hydrogen-bond acceptors (Lipinski definition) is 2. The van der Waals surface area contributed by atoms with Crippen LogP contribution in [0.2, 0.25) is 0 Å². The van der Waals surface area contributed by atoms with Crippen molar-refractivity contribution in [2.45, 2.75) is 0 Å². The van der Waals surface area contributed by atoms with Crippen molar-refractivity contribution in [3.05, 3.63) is 18.0 Å². The third-order valence-electron chi connectivity index (χ3n) is 0.778. The van der Waals surface area contributed by atoms with Gasteiger partial charge >= 0.3 is 5.97 Å². The minimum atomic E-state index is -0.995. The molecule has 0 atom stereocenters. The van der Waals surface area contributed by atoms with Crippen molar-refractivity contribution in [1.82, 2.24) is 7.99 Å². The van der Waals surface area contributed by atoms with E-state index in [-0.39, 0.29) is 5.69 Å². The van der Waals surface area contributed by atoms with Crippen LogP contribution in [0.5, 0.6) is 0 Å². The molecule has 1 rings (SSSR count). The molecule has 1 N–H and O–H groups in total. The Bertz CT molecular complexity index is 232. The summed E-state index contributed by atoms with van der Waals surface area (Å²) in [6.07, 6.45) is 1.57. The Morgan fingerprint density at radius 1 is 1.89 bits per heavy atom. The third-order valence-corrected chi connectivity index (χ3v) is 1.32. The molecule has 1 aromatic heterocycles. The van der Waals surface area contributed by atoms with Crippen LogP contribution < -0.4 is 0 Å². The Labute approximate surface area is 65.0 Å². The molecule has 0 aliphatic carbocycles. The van der Waals surface area contributed by atoms with E-state index >= 15 is 0 Å². The Hall–Kier alpha value is -0.590. The van der Waals surface area contributed by atoms with Crippen molar-refractivity contribution in [3.63, 3.8) is 0 Å². The summed E-state index contributed by atoms with van der Waals surface area (Å²) in [5.74, 6) is -0.995. The second kappa shape index (κ2) is 2.34. The fourth-order valence-electron chi connectivity index (χ4n) is 0.416. The van der Waals surface area contributed by atoms with E-state index < -0.39 is 5.97 Å². The van der Waals surface area contributed by atoms with Gasteiger partial charge in [0.2, 0.25) is 0 Å². The normalized spacial score (nSPS) is 9.44. The van der Waals surface area contributed by atoms with Gasteiger partial charge < -0.3 is 5.11 Å². The topological polar surface area (TPSA) is 55.1 Å². The van der Waals surface area contributed by atoms with E-state index in [0.717, 1.165) is 0 Å². The number of nitrogens with zero attached hydrogens (tertiary/aromatic N) is 2. The first kappa shape index (κ1) is 6.53. The number of aromatic nitrogens is 2. The summed E-state index contributed by atoms with van der Waals surface area (Å²) in [6.45, 7) is 0. The highest BCUT2D eigenvalue weighted by molar-refractivity contribution is 14.1. The van der Waals surface area contributed by atoms with Crippen LogP contribution in [0.15, 0.2) is 12.3 Å². The smallest absolute Gasteiger partial charge is 0.356 e. The molecule has 1 aromatic rings. The van der Waals surface area contributed by atoms with Crippen LogP contribution in [-0.4, -0.2) is 19.1 Å². The second-order valence-electron chi connectivity index (χ2n) is 1.39. The number of carboxylic acids is 1. The zero-order valence-electron chi connectivity index (χ0n) is 4.28. The SMILES string of the molecule is O=C(O)c1ccn(I)n1. The fraction of sp³-hybridized carbons (Fsp3) is 0. The Balaban J connectivity index is 2.98. The van der Waals surface area contributed by atoms with Crippen molar-refractivity contribution in [3.8, 4) is 0 Å². The molecule has 0 saturated carbocycles. The van der Waals surface area contributed by atoms with E-state index in [1.807, 2.05) is 22.9 Å². The third kappa shape index (κ3) is 1.41. The molecular weight excluding hydrogens is 235 g/mol. The molecule has 5 heteroatoms. The number of carbonyl (C=O) groups is 1. The van der Waals surface area contributed by atoms with Gasteiger partial charge in [0.05, 0.1) is 22.9 Å². The van der Waals surface area contributed by atoms with E-state index in [4.69, 9.17) is 5.11 Å². The zero-order chi connectivity index (χ0) is 6.85. The average Bonchev–Trinajstić information content (AvgIpc) is 2.14. The molecule has 0 fully saturated rings. The van der Waals surface area contributed by atoms with Gasteiger partial charge in [0.25, 0.3) is 0 Å². The summed E-state index contributed by atoms with van der Waals surface area (Å²) >= 11 is 1.88. The molecule has 0 amide bonds. The molecule has 0 aliphatic heterocycles. The molecule has 0 aliphatic rings. The maximum absolute atomic E-state index is 10.1. The largest absolute Gasteiger partial charge is 0.476 e. The van der Waals surface area contributed by atoms with Gasteiger partial charge in [-0.15, -0.1) is 0 Å². The van der Waals surface area contributed by atoms with E-state index in [9.17, 15) is 4.79 Å². The van der Waals surface area contributed by atoms with Crippen LogP contribution >= 0.6 is 22.9 Å². The predicted molar refractivity (Wildman–Crippen MR) is 38.6 cm³/mol. The number of carboxylic acid groups (broad SMARTS) is 1. The van der Waals surface area contributed by atoms with Gasteiger partial charge in [-0.1, -0.05) is 0 Å². The van der Waals surface area contributed by atoms with Crippen molar-refractivity contribution < 1.29 is 9.90 Å². The highest BCUT2D eigenvalue weighted by Crippen LogP contribution is 1.97. The first-order valence-electron chi connectivity index (χ1n) is 2.15. The lowest BCUT2D eigenvalue weighted by molar-refractivity contribution is 0.0690. The maximum atomic E-state index is 10.1. The molecule has 9 heavy (non-hydrogen) atoms. The first-order chi connectivity index (χ1) is 4.20. The molecule has 0 aromatic carbocycles. The van der Waals surface area contributed by atoms with Crippen LogP contribution in [0, 0.1) is 0 Å². The van der Waals surface area contributed by atoms with Crippen LogP contribution in [0.1, 0.15) is 10.5 Å². The van der Waals surface area contributed by atoms with Gasteiger partial charge in [-0.05, 0) is 6.07 Å². The van der Waals surface area contributed by atoms with E-state index in [1.54, 1.807) is 6.20 Å². The number of rotatable bonds is 1. The van der Waals surface area contributed by atoms with E-state index in [2.05, 4.69) is 5.10 Å². The highest BCUT2D eigenvalue weighted by Gasteiger charge is 2.03. The van der Waals surface area contributed by atoms with Crippen molar-refractivity contribution >= 4 is 28.8 Å². The van der Waals surface area contributed by atoms with E-state index in [1.165, 1.54) is 8.96 Å². The van der Waals surface area contributed by atoms with Gasteiger partial charge in [-0.2, -0.15) is 5.10 Å². The summed E-state index contributed by atoms with van der Waals surface area (Å²) in [4.78, 5) is 10.1. The Morgan fingerprint density at radius 2 is 2.56 bits per heavy atom. The van der Waals surface area contributed by atoms with Gasteiger partial charge in [0, 0.05) is 6.20 Å². The summed E-state index contributed by atoms with van der Waals surface area (Å²) in [5, 5.41) is 11.9. The van der Waals surface area contributed by atoms with Crippen LogP contribution in [-0.2, 0) is 0 Å². The van der Waals surface area contributed by atoms with Crippen LogP contribution in [0.25, 0.3) is 0 Å². The van der Waals surface area contributed by atoms with Gasteiger partial charge in [0.1, 0.15) is 0 Å². The van der Waals surface area contributed by atoms with E-state index in [0.29, 0.717) is 0 Å². The maximum Gasteiger partial charge on any atom is 0.356 e. The minimum absolute atomic E-state index is 0.0735. The predicted octanol–water partition coefficient (Wildman–Crippen LogP) is 0.779. The van der Waals surface area contributed by atoms with Gasteiger partial charge in [0.15, 0.2) is 5.69 Å². The number of halogens is 1. The molecular formula is C4H3IN2O2. The monoisotopic (exact) mass is 238 g/mol. The van der Waals surface area contributed by atoms with Gasteiger partial charge in [-0.25, -0.2) is 7.69 Å². The standard InChI is InChI=1S/C4H3IN2O2/c5-7-2-1-3(6-7)4(8)9/h1-2H,(H,8,9). The first-order valence-corrected chi connectivity index (χ1v) is 3.12. The Morgan fingerprint density at radius 3 is 2.78 bits per heavy atom. The zero-order valence-corrected chi connectivity index (χ0v) is 6.44. The molecule has 48 valence electrons. The molecule has 0 bridgehead atoms. The van der Waals surface area contributed by atoms with Crippen molar-refractivity contribution in [1.29, 1.82) is 0 Å². The number of aromatic carboxylic acids is 1. The van der Waals surface area contributed by atoms with Crippen LogP contribution in [0.4, 0.5) is 0 Å². The molecule has 0 spiro atoms. The average molecular weight is 238 g/mol. The molecule has 1 heterocycles. The quantitative estimate of drug-likeness (QED) is 0.735. The van der Waals surface area contributed by atoms with Crippen molar-refractivity contribution in [2.75, 3.05) is 0 Å². The molecule has 4 nitrogen and oxygen atoms in total. The fourth-order valence-corrected chi connectivity index (χ4v) is 0.809. The molecule has 0 unspecified atom stereocenters. The molecule has 0 radical (unpaired) electrons. The Kier molecular flexibility index (Phi) is 1.70. The molecule has 0 saturated heterocycles. The van der Waals surface area contributed by atoms with Gasteiger partial charge in [-0.3, -0.25) is 0 Å². The second-order valence-corrected chi connectivity index (χ2v) is 2.38. The highest BCUT2D eigenvalue weighted by atomic mass is 127. The van der Waals surface area contributed by atoms with Crippen LogP contribution in [0.3, 0.4) is 0 Å². The summed E-state index contributed by atoms with van der Waals surface area (Å²) in [5.41, 5.74) is 0.0735. The summed E-state index contributed by atoms with van der Waals surface area (Å²) in [7, 11) is 0. The summed E-state index contributed by atoms with van der Waals surface area (Å²) in [6, 6.07) is 1.44.